The Hall–Kier alpha value is -1.06. The molecule has 0 aromatic carbocycles. The van der Waals surface area contributed by atoms with Gasteiger partial charge < -0.3 is 0 Å². The van der Waals surface area contributed by atoms with Crippen molar-refractivity contribution in [3.63, 3.8) is 0 Å². The summed E-state index contributed by atoms with van der Waals surface area (Å²) in [5.41, 5.74) is 0. The van der Waals surface area contributed by atoms with E-state index in [0.717, 1.165) is 26.2 Å². The van der Waals surface area contributed by atoms with E-state index in [1.165, 1.54) is 51.4 Å². The highest BCUT2D eigenvalue weighted by atomic mass is 15.5. The Morgan fingerprint density at radius 1 is 0.500 bits per heavy atom. The van der Waals surface area contributed by atoms with Crippen LogP contribution in [0.5, 0.6) is 0 Å². The summed E-state index contributed by atoms with van der Waals surface area (Å²) in [5.74, 6) is 0. The van der Waals surface area contributed by atoms with E-state index < -0.39 is 0 Å². The van der Waals surface area contributed by atoms with Crippen molar-refractivity contribution >= 4 is 12.4 Å². The van der Waals surface area contributed by atoms with E-state index in [-0.39, 0.29) is 0 Å². The molecule has 0 amide bonds. The van der Waals surface area contributed by atoms with E-state index in [1.54, 1.807) is 0 Å². The van der Waals surface area contributed by atoms with Gasteiger partial charge in [-0.3, -0.25) is 10.0 Å². The first kappa shape index (κ1) is 13.4. The Morgan fingerprint density at radius 2 is 0.833 bits per heavy atom. The average molecular weight is 250 g/mol. The second-order valence-corrected chi connectivity index (χ2v) is 5.26. The largest absolute Gasteiger partial charge is 0.297 e. The normalized spacial score (nSPS) is 23.6. The van der Waals surface area contributed by atoms with Crippen LogP contribution in [0.2, 0.25) is 0 Å². The van der Waals surface area contributed by atoms with Crippen LogP contribution in [0.1, 0.15) is 51.4 Å². The van der Waals surface area contributed by atoms with Gasteiger partial charge in [0.2, 0.25) is 0 Å². The molecule has 0 N–H and O–H groups in total. The standard InChI is InChI=1S/C14H26N4/c1-2-6-12-17(11-5-1)15-9-10-16-18-13-7-3-4-8-14-18/h9-10H,1-8,11-14H2. The first-order chi connectivity index (χ1) is 8.95. The number of hydrazone groups is 2. The van der Waals surface area contributed by atoms with E-state index in [0.29, 0.717) is 0 Å². The number of hydrogen-bond acceptors (Lipinski definition) is 4. The molecule has 2 rings (SSSR count). The van der Waals surface area contributed by atoms with Crippen LogP contribution in [0.25, 0.3) is 0 Å². The summed E-state index contributed by atoms with van der Waals surface area (Å²) in [6.45, 7) is 4.42. The second-order valence-electron chi connectivity index (χ2n) is 5.26. The maximum atomic E-state index is 4.48. The molecule has 2 fully saturated rings. The fourth-order valence-corrected chi connectivity index (χ4v) is 2.59. The summed E-state index contributed by atoms with van der Waals surface area (Å²) in [7, 11) is 0. The van der Waals surface area contributed by atoms with Gasteiger partial charge in [-0.05, 0) is 25.7 Å². The first-order valence-corrected chi connectivity index (χ1v) is 7.51. The highest BCUT2D eigenvalue weighted by Crippen LogP contribution is 2.10. The van der Waals surface area contributed by atoms with Crippen LogP contribution in [0.3, 0.4) is 0 Å². The summed E-state index contributed by atoms with van der Waals surface area (Å²) in [5, 5.41) is 13.3. The van der Waals surface area contributed by atoms with E-state index in [9.17, 15) is 0 Å². The molecule has 2 aliphatic rings. The minimum Gasteiger partial charge on any atom is -0.297 e. The molecule has 0 atom stereocenters. The molecule has 2 heterocycles. The molecule has 102 valence electrons. The van der Waals surface area contributed by atoms with Gasteiger partial charge in [-0.25, -0.2) is 0 Å². The molecule has 18 heavy (non-hydrogen) atoms. The van der Waals surface area contributed by atoms with Crippen LogP contribution in [0.15, 0.2) is 10.2 Å². The lowest BCUT2D eigenvalue weighted by Crippen LogP contribution is -2.19. The molecule has 0 saturated carbocycles. The molecule has 0 unspecified atom stereocenters. The van der Waals surface area contributed by atoms with Crippen molar-refractivity contribution in [2.45, 2.75) is 51.4 Å². The third-order valence-corrected chi connectivity index (χ3v) is 3.69. The van der Waals surface area contributed by atoms with Gasteiger partial charge in [-0.1, -0.05) is 25.7 Å². The summed E-state index contributed by atoms with van der Waals surface area (Å²) >= 11 is 0. The van der Waals surface area contributed by atoms with Crippen LogP contribution >= 0.6 is 0 Å². The van der Waals surface area contributed by atoms with Gasteiger partial charge >= 0.3 is 0 Å². The Labute approximate surface area is 111 Å². The minimum absolute atomic E-state index is 1.11. The molecular formula is C14H26N4. The van der Waals surface area contributed by atoms with Gasteiger partial charge in [0.25, 0.3) is 0 Å². The van der Waals surface area contributed by atoms with E-state index >= 15 is 0 Å². The highest BCUT2D eigenvalue weighted by molar-refractivity contribution is 6.15. The smallest absolute Gasteiger partial charge is 0.0671 e. The predicted molar refractivity (Wildman–Crippen MR) is 77.1 cm³/mol. The Balaban J connectivity index is 1.71. The molecule has 4 heteroatoms. The quantitative estimate of drug-likeness (QED) is 0.721. The molecular weight excluding hydrogens is 224 g/mol. The summed E-state index contributed by atoms with van der Waals surface area (Å²) in [4.78, 5) is 0. The van der Waals surface area contributed by atoms with Gasteiger partial charge in [-0.2, -0.15) is 10.2 Å². The lowest BCUT2D eigenvalue weighted by molar-refractivity contribution is 0.300. The zero-order valence-electron chi connectivity index (χ0n) is 11.4. The number of nitrogens with zero attached hydrogens (tertiary/aromatic N) is 4. The van der Waals surface area contributed by atoms with E-state index in [1.807, 2.05) is 12.4 Å². The topological polar surface area (TPSA) is 31.2 Å². The Morgan fingerprint density at radius 3 is 1.17 bits per heavy atom. The van der Waals surface area contributed by atoms with E-state index in [2.05, 4.69) is 20.2 Å². The van der Waals surface area contributed by atoms with Crippen LogP contribution in [0, 0.1) is 0 Å². The lowest BCUT2D eigenvalue weighted by atomic mass is 10.2. The van der Waals surface area contributed by atoms with Crippen LogP contribution in [0.4, 0.5) is 0 Å². The third-order valence-electron chi connectivity index (χ3n) is 3.69. The summed E-state index contributed by atoms with van der Waals surface area (Å²) in [6.07, 6.45) is 14.2. The molecule has 0 aromatic heterocycles. The number of hydrogen-bond donors (Lipinski definition) is 0. The Bertz CT molecular complexity index is 231. The second kappa shape index (κ2) is 8.11. The van der Waals surface area contributed by atoms with Crippen molar-refractivity contribution in [3.05, 3.63) is 0 Å². The average Bonchev–Trinajstić information content (AvgIpc) is 2.79. The molecule has 4 nitrogen and oxygen atoms in total. The molecule has 0 aromatic rings. The number of rotatable bonds is 3. The summed E-state index contributed by atoms with van der Waals surface area (Å²) < 4.78 is 0. The maximum absolute atomic E-state index is 4.48. The summed E-state index contributed by atoms with van der Waals surface area (Å²) in [6, 6.07) is 0. The van der Waals surface area contributed by atoms with Crippen molar-refractivity contribution in [1.29, 1.82) is 0 Å². The zero-order chi connectivity index (χ0) is 12.5. The van der Waals surface area contributed by atoms with Gasteiger partial charge in [0.1, 0.15) is 0 Å². The van der Waals surface area contributed by atoms with Crippen molar-refractivity contribution < 1.29 is 0 Å². The first-order valence-electron chi connectivity index (χ1n) is 7.51. The van der Waals surface area contributed by atoms with Gasteiger partial charge in [0, 0.05) is 26.2 Å². The van der Waals surface area contributed by atoms with Gasteiger partial charge in [-0.15, -0.1) is 0 Å². The highest BCUT2D eigenvalue weighted by Gasteiger charge is 2.05. The minimum atomic E-state index is 1.11. The van der Waals surface area contributed by atoms with Crippen molar-refractivity contribution in [2.24, 2.45) is 10.2 Å². The van der Waals surface area contributed by atoms with Crippen molar-refractivity contribution in [3.8, 4) is 0 Å². The van der Waals surface area contributed by atoms with E-state index in [4.69, 9.17) is 0 Å². The molecule has 2 saturated heterocycles. The zero-order valence-corrected chi connectivity index (χ0v) is 11.4. The molecule has 0 spiro atoms. The third kappa shape index (κ3) is 5.07. The van der Waals surface area contributed by atoms with Gasteiger partial charge in [0.05, 0.1) is 12.4 Å². The SMILES string of the molecule is C(C=NN1CCCCCC1)=NN1CCCCCC1. The Kier molecular flexibility index (Phi) is 6.03. The maximum Gasteiger partial charge on any atom is 0.0671 e. The molecule has 0 bridgehead atoms. The van der Waals surface area contributed by atoms with Crippen molar-refractivity contribution in [2.75, 3.05) is 26.2 Å². The monoisotopic (exact) mass is 250 g/mol. The van der Waals surface area contributed by atoms with Crippen LogP contribution in [-0.4, -0.2) is 48.6 Å². The molecule has 2 aliphatic heterocycles. The molecule has 0 radical (unpaired) electrons. The van der Waals surface area contributed by atoms with Gasteiger partial charge in [0.15, 0.2) is 0 Å². The van der Waals surface area contributed by atoms with Crippen LogP contribution in [-0.2, 0) is 0 Å². The van der Waals surface area contributed by atoms with Crippen molar-refractivity contribution in [1.82, 2.24) is 10.0 Å². The molecule has 0 aliphatic carbocycles. The fraction of sp³-hybridized carbons (Fsp3) is 0.857. The predicted octanol–water partition coefficient (Wildman–Crippen LogP) is 2.71. The fourth-order valence-electron chi connectivity index (χ4n) is 2.59. The lowest BCUT2D eigenvalue weighted by Gasteiger charge is -2.16. The van der Waals surface area contributed by atoms with Crippen LogP contribution < -0.4 is 0 Å².